The van der Waals surface area contributed by atoms with Crippen LogP contribution in [0.1, 0.15) is 22.8 Å². The van der Waals surface area contributed by atoms with Crippen molar-refractivity contribution in [2.45, 2.75) is 18.7 Å². The third kappa shape index (κ3) is 3.43. The smallest absolute Gasteiger partial charge is 0.338 e. The second-order valence-corrected chi connectivity index (χ2v) is 6.63. The fourth-order valence-electron chi connectivity index (χ4n) is 1.24. The number of rotatable bonds is 3. The van der Waals surface area contributed by atoms with Gasteiger partial charge in [-0.2, -0.15) is 0 Å². The first-order valence-corrected chi connectivity index (χ1v) is 7.79. The third-order valence-corrected chi connectivity index (χ3v) is 4.34. The molecule has 0 saturated heterocycles. The Bertz CT molecular complexity index is 554. The standard InChI is InChI=1S/C10H10BrClO4S/c1-3-16-10(13)7-4-8(11)6(2)9(5-7)17(12,14)15/h4-5H,3H2,1-2H3. The van der Waals surface area contributed by atoms with Gasteiger partial charge in [-0.25, -0.2) is 13.2 Å². The lowest BCUT2D eigenvalue weighted by Gasteiger charge is -2.08. The average molecular weight is 342 g/mol. The van der Waals surface area contributed by atoms with Crippen LogP contribution in [-0.4, -0.2) is 21.0 Å². The molecule has 0 N–H and O–H groups in total. The van der Waals surface area contributed by atoms with Crippen molar-refractivity contribution in [3.63, 3.8) is 0 Å². The SMILES string of the molecule is CCOC(=O)c1cc(Br)c(C)c(S(=O)(=O)Cl)c1. The number of carbonyl (C=O) groups is 1. The molecule has 0 unspecified atom stereocenters. The molecule has 0 fully saturated rings. The summed E-state index contributed by atoms with van der Waals surface area (Å²) in [6.07, 6.45) is 0. The highest BCUT2D eigenvalue weighted by Crippen LogP contribution is 2.28. The molecule has 0 aliphatic carbocycles. The molecule has 0 aliphatic heterocycles. The van der Waals surface area contributed by atoms with E-state index in [4.69, 9.17) is 15.4 Å². The molecule has 4 nitrogen and oxygen atoms in total. The van der Waals surface area contributed by atoms with E-state index < -0.39 is 15.0 Å². The Morgan fingerprint density at radius 3 is 2.53 bits per heavy atom. The number of benzene rings is 1. The molecule has 0 atom stereocenters. The maximum atomic E-state index is 11.5. The molecule has 0 spiro atoms. The topological polar surface area (TPSA) is 60.4 Å². The molecular weight excluding hydrogens is 332 g/mol. The molecule has 0 aromatic heterocycles. The van der Waals surface area contributed by atoms with Gasteiger partial charge in [0.15, 0.2) is 0 Å². The quantitative estimate of drug-likeness (QED) is 0.626. The van der Waals surface area contributed by atoms with Gasteiger partial charge in [-0.05, 0) is 31.5 Å². The van der Waals surface area contributed by atoms with E-state index in [9.17, 15) is 13.2 Å². The molecule has 7 heteroatoms. The molecular formula is C10H10BrClO4S. The number of hydrogen-bond acceptors (Lipinski definition) is 4. The van der Waals surface area contributed by atoms with E-state index in [0.717, 1.165) is 0 Å². The number of halogens is 2. The van der Waals surface area contributed by atoms with Crippen molar-refractivity contribution in [1.29, 1.82) is 0 Å². The van der Waals surface area contributed by atoms with Crippen LogP contribution in [0, 0.1) is 6.92 Å². The molecule has 0 amide bonds. The Kier molecular flexibility index (Phi) is 4.57. The van der Waals surface area contributed by atoms with Crippen molar-refractivity contribution >= 4 is 41.6 Å². The van der Waals surface area contributed by atoms with Gasteiger partial charge < -0.3 is 4.74 Å². The lowest BCUT2D eigenvalue weighted by Crippen LogP contribution is -2.07. The summed E-state index contributed by atoms with van der Waals surface area (Å²) in [4.78, 5) is 11.4. The molecule has 1 rings (SSSR count). The fraction of sp³-hybridized carbons (Fsp3) is 0.300. The predicted molar refractivity (Wildman–Crippen MR) is 67.9 cm³/mol. The average Bonchev–Trinajstić information content (AvgIpc) is 2.20. The maximum Gasteiger partial charge on any atom is 0.338 e. The largest absolute Gasteiger partial charge is 0.462 e. The van der Waals surface area contributed by atoms with Crippen LogP contribution in [0.15, 0.2) is 21.5 Å². The van der Waals surface area contributed by atoms with Crippen molar-refractivity contribution in [2.75, 3.05) is 6.61 Å². The molecule has 0 radical (unpaired) electrons. The Hall–Kier alpha value is -0.590. The van der Waals surface area contributed by atoms with Crippen LogP contribution in [0.2, 0.25) is 0 Å². The zero-order valence-electron chi connectivity index (χ0n) is 9.16. The highest BCUT2D eigenvalue weighted by Gasteiger charge is 2.19. The van der Waals surface area contributed by atoms with Gasteiger partial charge in [0.25, 0.3) is 9.05 Å². The van der Waals surface area contributed by atoms with Crippen LogP contribution in [0.4, 0.5) is 0 Å². The number of carbonyl (C=O) groups excluding carboxylic acids is 1. The van der Waals surface area contributed by atoms with Crippen LogP contribution < -0.4 is 0 Å². The van der Waals surface area contributed by atoms with Crippen molar-refractivity contribution in [3.8, 4) is 0 Å². The second-order valence-electron chi connectivity index (χ2n) is 3.24. The molecule has 0 heterocycles. The van der Waals surface area contributed by atoms with Gasteiger partial charge in [0.2, 0.25) is 0 Å². The highest BCUT2D eigenvalue weighted by molar-refractivity contribution is 9.10. The summed E-state index contributed by atoms with van der Waals surface area (Å²) in [5.74, 6) is -0.588. The predicted octanol–water partition coefficient (Wildman–Crippen LogP) is 2.86. The van der Waals surface area contributed by atoms with Crippen LogP contribution in [-0.2, 0) is 13.8 Å². The zero-order valence-corrected chi connectivity index (χ0v) is 12.3. The van der Waals surface area contributed by atoms with Crippen molar-refractivity contribution in [1.82, 2.24) is 0 Å². The van der Waals surface area contributed by atoms with Crippen molar-refractivity contribution in [3.05, 3.63) is 27.7 Å². The van der Waals surface area contributed by atoms with Gasteiger partial charge in [0.05, 0.1) is 17.1 Å². The van der Waals surface area contributed by atoms with E-state index in [-0.39, 0.29) is 17.1 Å². The summed E-state index contributed by atoms with van der Waals surface area (Å²) in [7, 11) is 1.40. The number of ether oxygens (including phenoxy) is 1. The Balaban J connectivity index is 3.39. The Morgan fingerprint density at radius 1 is 1.47 bits per heavy atom. The summed E-state index contributed by atoms with van der Waals surface area (Å²) in [6.45, 7) is 3.47. The first-order valence-electron chi connectivity index (χ1n) is 4.69. The number of hydrogen-bond donors (Lipinski definition) is 0. The molecule has 1 aromatic rings. The second kappa shape index (κ2) is 5.37. The summed E-state index contributed by atoms with van der Waals surface area (Å²) >= 11 is 3.18. The molecule has 0 bridgehead atoms. The lowest BCUT2D eigenvalue weighted by atomic mass is 10.1. The lowest BCUT2D eigenvalue weighted by molar-refractivity contribution is 0.0526. The minimum atomic E-state index is -3.89. The summed E-state index contributed by atoms with van der Waals surface area (Å²) in [5.41, 5.74) is 0.594. The van der Waals surface area contributed by atoms with Crippen LogP contribution >= 0.6 is 26.6 Å². The van der Waals surface area contributed by atoms with Gasteiger partial charge in [0, 0.05) is 15.2 Å². The fourth-order valence-corrected chi connectivity index (χ4v) is 3.05. The molecule has 17 heavy (non-hydrogen) atoms. The van der Waals surface area contributed by atoms with Gasteiger partial charge in [-0.15, -0.1) is 0 Å². The molecule has 94 valence electrons. The first-order chi connectivity index (χ1) is 7.77. The van der Waals surface area contributed by atoms with Gasteiger partial charge >= 0.3 is 5.97 Å². The minimum absolute atomic E-state index is 0.100. The maximum absolute atomic E-state index is 11.5. The molecule has 1 aromatic carbocycles. The number of esters is 1. The molecule has 0 aliphatic rings. The minimum Gasteiger partial charge on any atom is -0.462 e. The van der Waals surface area contributed by atoms with E-state index in [1.165, 1.54) is 12.1 Å². The van der Waals surface area contributed by atoms with Crippen molar-refractivity contribution < 1.29 is 17.9 Å². The van der Waals surface area contributed by atoms with Crippen LogP contribution in [0.25, 0.3) is 0 Å². The van der Waals surface area contributed by atoms with Gasteiger partial charge in [-0.1, -0.05) is 15.9 Å². The van der Waals surface area contributed by atoms with E-state index in [1.54, 1.807) is 13.8 Å². The van der Waals surface area contributed by atoms with E-state index >= 15 is 0 Å². The summed E-state index contributed by atoms with van der Waals surface area (Å²) < 4.78 is 27.9. The van der Waals surface area contributed by atoms with E-state index in [0.29, 0.717) is 10.0 Å². The van der Waals surface area contributed by atoms with E-state index in [1.807, 2.05) is 0 Å². The third-order valence-electron chi connectivity index (χ3n) is 2.07. The monoisotopic (exact) mass is 340 g/mol. The van der Waals surface area contributed by atoms with Crippen LogP contribution in [0.3, 0.4) is 0 Å². The Labute approximate surface area is 112 Å². The normalized spacial score (nSPS) is 11.3. The molecule has 0 saturated carbocycles. The van der Waals surface area contributed by atoms with E-state index in [2.05, 4.69) is 15.9 Å². The first kappa shape index (κ1) is 14.5. The highest BCUT2D eigenvalue weighted by atomic mass is 79.9. The van der Waals surface area contributed by atoms with Gasteiger partial charge in [0.1, 0.15) is 0 Å². The summed E-state index contributed by atoms with van der Waals surface area (Å²) in [5, 5.41) is 0. The summed E-state index contributed by atoms with van der Waals surface area (Å²) in [6, 6.07) is 2.71. The van der Waals surface area contributed by atoms with Crippen molar-refractivity contribution in [2.24, 2.45) is 0 Å². The Morgan fingerprint density at radius 2 is 2.06 bits per heavy atom. The van der Waals surface area contributed by atoms with Gasteiger partial charge in [-0.3, -0.25) is 0 Å². The van der Waals surface area contributed by atoms with Crippen LogP contribution in [0.5, 0.6) is 0 Å². The zero-order chi connectivity index (χ0) is 13.2.